The van der Waals surface area contributed by atoms with Gasteiger partial charge in [-0.3, -0.25) is 4.90 Å². The third-order valence-corrected chi connectivity index (χ3v) is 4.72. The number of hydrogen-bond acceptors (Lipinski definition) is 3. The van der Waals surface area contributed by atoms with Gasteiger partial charge in [0.05, 0.1) is 0 Å². The van der Waals surface area contributed by atoms with Crippen molar-refractivity contribution in [2.24, 2.45) is 11.7 Å². The van der Waals surface area contributed by atoms with Crippen LogP contribution in [0.1, 0.15) is 39.5 Å². The monoisotopic (exact) mass is 239 g/mol. The smallest absolute Gasteiger partial charge is 0.0195 e. The van der Waals surface area contributed by atoms with E-state index >= 15 is 0 Å². The fraction of sp³-hybridized carbons (Fsp3) is 1.00. The lowest BCUT2D eigenvalue weighted by atomic mass is 9.84. The van der Waals surface area contributed by atoms with Crippen LogP contribution < -0.4 is 5.73 Å². The molecule has 0 amide bonds. The average Bonchev–Trinajstić information content (AvgIpc) is 2.32. The lowest BCUT2D eigenvalue weighted by Crippen LogP contribution is -2.54. The second-order valence-corrected chi connectivity index (χ2v) is 5.95. The topological polar surface area (TPSA) is 32.5 Å². The third kappa shape index (κ3) is 3.43. The molecule has 1 saturated carbocycles. The van der Waals surface area contributed by atoms with Crippen LogP contribution in [0.4, 0.5) is 0 Å². The van der Waals surface area contributed by atoms with Crippen molar-refractivity contribution in [3.63, 3.8) is 0 Å². The van der Waals surface area contributed by atoms with Crippen molar-refractivity contribution in [1.29, 1.82) is 0 Å². The number of nitrogens with two attached hydrogens (primary N) is 1. The maximum atomic E-state index is 6.25. The third-order valence-electron chi connectivity index (χ3n) is 4.72. The van der Waals surface area contributed by atoms with Gasteiger partial charge in [-0.05, 0) is 32.2 Å². The van der Waals surface area contributed by atoms with Gasteiger partial charge in [0, 0.05) is 38.3 Å². The van der Waals surface area contributed by atoms with Gasteiger partial charge in [0.1, 0.15) is 0 Å². The van der Waals surface area contributed by atoms with Gasteiger partial charge in [-0.15, -0.1) is 0 Å². The van der Waals surface area contributed by atoms with Gasteiger partial charge in [0.25, 0.3) is 0 Å². The van der Waals surface area contributed by atoms with Crippen LogP contribution in [-0.2, 0) is 0 Å². The van der Waals surface area contributed by atoms with E-state index in [2.05, 4.69) is 23.6 Å². The molecule has 2 N–H and O–H groups in total. The first kappa shape index (κ1) is 13.3. The molecule has 0 spiro atoms. The average molecular weight is 239 g/mol. The Hall–Kier alpha value is -0.120. The summed E-state index contributed by atoms with van der Waals surface area (Å²) in [6, 6.07) is 1.18. The maximum absolute atomic E-state index is 6.25. The lowest BCUT2D eigenvalue weighted by Gasteiger charge is -2.42. The van der Waals surface area contributed by atoms with Crippen LogP contribution in [0.5, 0.6) is 0 Å². The zero-order chi connectivity index (χ0) is 12.3. The Labute approximate surface area is 106 Å². The molecule has 3 atom stereocenters. The molecule has 0 aromatic heterocycles. The minimum Gasteiger partial charge on any atom is -0.327 e. The van der Waals surface area contributed by atoms with Gasteiger partial charge in [0.15, 0.2) is 0 Å². The number of rotatable bonds is 3. The number of hydrogen-bond donors (Lipinski definition) is 1. The standard InChI is InChI=1S/C14H29N3/c1-3-17-9-8-16(10-12(17)2)11-13-6-4-5-7-14(13)15/h12-14H,3-11,15H2,1-2H3. The summed E-state index contributed by atoms with van der Waals surface area (Å²) in [7, 11) is 0. The highest BCUT2D eigenvalue weighted by Gasteiger charge is 2.27. The van der Waals surface area contributed by atoms with Crippen LogP contribution in [0.15, 0.2) is 0 Å². The normalized spacial score (nSPS) is 37.2. The summed E-state index contributed by atoms with van der Waals surface area (Å²) >= 11 is 0. The zero-order valence-electron chi connectivity index (χ0n) is 11.6. The van der Waals surface area contributed by atoms with Crippen LogP contribution in [-0.4, -0.2) is 54.6 Å². The Bertz CT molecular complexity index is 232. The van der Waals surface area contributed by atoms with Crippen molar-refractivity contribution >= 4 is 0 Å². The van der Waals surface area contributed by atoms with Gasteiger partial charge in [-0.25, -0.2) is 0 Å². The summed E-state index contributed by atoms with van der Waals surface area (Å²) in [5.74, 6) is 0.754. The quantitative estimate of drug-likeness (QED) is 0.811. The highest BCUT2D eigenvalue weighted by molar-refractivity contribution is 4.84. The highest BCUT2D eigenvalue weighted by Crippen LogP contribution is 2.24. The van der Waals surface area contributed by atoms with Gasteiger partial charge >= 0.3 is 0 Å². The summed E-state index contributed by atoms with van der Waals surface area (Å²) in [5.41, 5.74) is 6.25. The molecular formula is C14H29N3. The van der Waals surface area contributed by atoms with E-state index in [4.69, 9.17) is 5.73 Å². The van der Waals surface area contributed by atoms with E-state index in [1.807, 2.05) is 0 Å². The first-order valence-electron chi connectivity index (χ1n) is 7.42. The van der Waals surface area contributed by atoms with Crippen LogP contribution in [0.2, 0.25) is 0 Å². The molecule has 0 aromatic rings. The van der Waals surface area contributed by atoms with Gasteiger partial charge in [-0.2, -0.15) is 0 Å². The molecule has 0 bridgehead atoms. The molecule has 0 aromatic carbocycles. The predicted octanol–water partition coefficient (Wildman–Crippen LogP) is 1.53. The number of nitrogens with zero attached hydrogens (tertiary/aromatic N) is 2. The Morgan fingerprint density at radius 3 is 2.59 bits per heavy atom. The predicted molar refractivity (Wildman–Crippen MR) is 73.1 cm³/mol. The molecule has 100 valence electrons. The summed E-state index contributed by atoms with van der Waals surface area (Å²) < 4.78 is 0. The molecule has 3 nitrogen and oxygen atoms in total. The maximum Gasteiger partial charge on any atom is 0.0195 e. The van der Waals surface area contributed by atoms with E-state index in [0.29, 0.717) is 12.1 Å². The molecule has 0 radical (unpaired) electrons. The fourth-order valence-electron chi connectivity index (χ4n) is 3.50. The van der Waals surface area contributed by atoms with Crippen LogP contribution >= 0.6 is 0 Å². The van der Waals surface area contributed by atoms with Crippen LogP contribution in [0.3, 0.4) is 0 Å². The van der Waals surface area contributed by atoms with Gasteiger partial charge in [0.2, 0.25) is 0 Å². The number of piperazine rings is 1. The van der Waals surface area contributed by atoms with Gasteiger partial charge in [-0.1, -0.05) is 19.8 Å². The van der Waals surface area contributed by atoms with E-state index in [1.54, 1.807) is 0 Å². The molecular weight excluding hydrogens is 210 g/mol. The van der Waals surface area contributed by atoms with Gasteiger partial charge < -0.3 is 10.6 Å². The molecule has 1 aliphatic heterocycles. The van der Waals surface area contributed by atoms with E-state index < -0.39 is 0 Å². The summed E-state index contributed by atoms with van der Waals surface area (Å²) in [6.07, 6.45) is 5.33. The largest absolute Gasteiger partial charge is 0.327 e. The molecule has 3 unspecified atom stereocenters. The molecule has 1 saturated heterocycles. The Balaban J connectivity index is 1.79. The van der Waals surface area contributed by atoms with E-state index in [-0.39, 0.29) is 0 Å². The van der Waals surface area contributed by atoms with Crippen LogP contribution in [0, 0.1) is 5.92 Å². The van der Waals surface area contributed by atoms with Crippen molar-refractivity contribution in [2.75, 3.05) is 32.7 Å². The second-order valence-electron chi connectivity index (χ2n) is 5.95. The Morgan fingerprint density at radius 1 is 1.18 bits per heavy atom. The summed E-state index contributed by atoms with van der Waals surface area (Å²) in [5, 5.41) is 0. The molecule has 17 heavy (non-hydrogen) atoms. The molecule has 3 heteroatoms. The zero-order valence-corrected chi connectivity index (χ0v) is 11.6. The molecule has 1 aliphatic carbocycles. The first-order valence-corrected chi connectivity index (χ1v) is 7.42. The first-order chi connectivity index (χ1) is 8.20. The van der Waals surface area contributed by atoms with Crippen molar-refractivity contribution < 1.29 is 0 Å². The number of likely N-dealkylation sites (N-methyl/N-ethyl adjacent to an activating group) is 1. The van der Waals surface area contributed by atoms with E-state index in [1.165, 1.54) is 58.4 Å². The summed E-state index contributed by atoms with van der Waals surface area (Å²) in [4.78, 5) is 5.23. The Morgan fingerprint density at radius 2 is 1.94 bits per heavy atom. The Kier molecular flexibility index (Phi) is 4.83. The van der Waals surface area contributed by atoms with Crippen molar-refractivity contribution in [2.45, 2.75) is 51.6 Å². The van der Waals surface area contributed by atoms with Crippen molar-refractivity contribution in [1.82, 2.24) is 9.80 Å². The minimum absolute atomic E-state index is 0.461. The second kappa shape index (κ2) is 6.17. The minimum atomic E-state index is 0.461. The summed E-state index contributed by atoms with van der Waals surface area (Å²) in [6.45, 7) is 10.8. The van der Waals surface area contributed by atoms with E-state index in [9.17, 15) is 0 Å². The van der Waals surface area contributed by atoms with Crippen molar-refractivity contribution in [3.05, 3.63) is 0 Å². The van der Waals surface area contributed by atoms with E-state index in [0.717, 1.165) is 5.92 Å². The molecule has 2 fully saturated rings. The molecule has 2 aliphatic rings. The highest BCUT2D eigenvalue weighted by atomic mass is 15.3. The fourth-order valence-corrected chi connectivity index (χ4v) is 3.50. The lowest BCUT2D eigenvalue weighted by molar-refractivity contribution is 0.0688. The SMILES string of the molecule is CCN1CCN(CC2CCCCC2N)CC1C. The molecule has 2 rings (SSSR count). The van der Waals surface area contributed by atoms with Crippen LogP contribution in [0.25, 0.3) is 0 Å². The molecule has 1 heterocycles. The van der Waals surface area contributed by atoms with Crippen molar-refractivity contribution in [3.8, 4) is 0 Å².